The molecule has 1 heterocycles. The van der Waals surface area contributed by atoms with Crippen LogP contribution in [0.3, 0.4) is 0 Å². The molecule has 2 aromatic carbocycles. The van der Waals surface area contributed by atoms with Gasteiger partial charge >= 0.3 is 0 Å². The van der Waals surface area contributed by atoms with Crippen molar-refractivity contribution < 1.29 is 22.7 Å². The molecule has 1 aromatic heterocycles. The number of ether oxygens (including phenoxy) is 2. The zero-order valence-corrected chi connectivity index (χ0v) is 20.3. The lowest BCUT2D eigenvalue weighted by Gasteiger charge is -2.21. The van der Waals surface area contributed by atoms with Crippen LogP contribution in [0.15, 0.2) is 41.3 Å². The average molecular weight is 494 g/mol. The lowest BCUT2D eigenvalue weighted by molar-refractivity contribution is 0.102. The van der Waals surface area contributed by atoms with Crippen molar-refractivity contribution in [3.05, 3.63) is 47.0 Å². The SMILES string of the molecule is COc1ccc(-c2nc(NC(=O)c3cc(S(=O)(=O)N(C)C(C)C)ccc3Cl)n[nH]2)c(OC)c1. The second-order valence-corrected chi connectivity index (χ2v) is 9.69. The van der Waals surface area contributed by atoms with Gasteiger partial charge in [0.05, 0.1) is 35.3 Å². The first-order valence-corrected chi connectivity index (χ1v) is 11.6. The van der Waals surface area contributed by atoms with Crippen molar-refractivity contribution in [3.63, 3.8) is 0 Å². The minimum atomic E-state index is -3.80. The molecule has 33 heavy (non-hydrogen) atoms. The molecular formula is C21H24ClN5O5S. The number of hydrogen-bond donors (Lipinski definition) is 2. The summed E-state index contributed by atoms with van der Waals surface area (Å²) in [5, 5.41) is 9.36. The summed E-state index contributed by atoms with van der Waals surface area (Å²) in [4.78, 5) is 17.1. The van der Waals surface area contributed by atoms with E-state index in [1.807, 2.05) is 0 Å². The number of hydrogen-bond acceptors (Lipinski definition) is 7. The largest absolute Gasteiger partial charge is 0.497 e. The molecule has 0 fully saturated rings. The maximum Gasteiger partial charge on any atom is 0.259 e. The van der Waals surface area contributed by atoms with Crippen LogP contribution in [0.2, 0.25) is 5.02 Å². The Balaban J connectivity index is 1.87. The lowest BCUT2D eigenvalue weighted by Crippen LogP contribution is -2.33. The summed E-state index contributed by atoms with van der Waals surface area (Å²) in [5.41, 5.74) is 0.581. The number of sulfonamides is 1. The Hall–Kier alpha value is -3.15. The summed E-state index contributed by atoms with van der Waals surface area (Å²) in [6.45, 7) is 3.50. The predicted molar refractivity (Wildman–Crippen MR) is 124 cm³/mol. The topological polar surface area (TPSA) is 127 Å². The van der Waals surface area contributed by atoms with Gasteiger partial charge in [0.15, 0.2) is 5.82 Å². The third-order valence-corrected chi connectivity index (χ3v) is 7.32. The molecule has 0 spiro atoms. The fourth-order valence-corrected chi connectivity index (χ4v) is 4.48. The zero-order valence-electron chi connectivity index (χ0n) is 18.7. The first-order valence-electron chi connectivity index (χ1n) is 9.82. The summed E-state index contributed by atoms with van der Waals surface area (Å²) in [6, 6.07) is 8.85. The number of aromatic amines is 1. The number of H-pyrrole nitrogens is 1. The van der Waals surface area contributed by atoms with Crippen LogP contribution in [0.1, 0.15) is 24.2 Å². The summed E-state index contributed by atoms with van der Waals surface area (Å²) in [5.74, 6) is 0.786. The number of halogens is 1. The van der Waals surface area contributed by atoms with Crippen LogP contribution < -0.4 is 14.8 Å². The smallest absolute Gasteiger partial charge is 0.259 e. The van der Waals surface area contributed by atoms with Gasteiger partial charge in [-0.3, -0.25) is 15.2 Å². The summed E-state index contributed by atoms with van der Waals surface area (Å²) < 4.78 is 37.3. The van der Waals surface area contributed by atoms with Crippen molar-refractivity contribution in [1.29, 1.82) is 0 Å². The molecule has 0 aliphatic rings. The molecule has 3 aromatic rings. The van der Waals surface area contributed by atoms with Gasteiger partial charge in [-0.1, -0.05) is 11.6 Å². The molecule has 176 valence electrons. The van der Waals surface area contributed by atoms with Crippen LogP contribution >= 0.6 is 11.6 Å². The molecule has 0 radical (unpaired) electrons. The molecule has 2 N–H and O–H groups in total. The number of rotatable bonds is 8. The molecule has 0 atom stereocenters. The highest BCUT2D eigenvalue weighted by molar-refractivity contribution is 7.89. The van der Waals surface area contributed by atoms with E-state index in [0.717, 1.165) is 0 Å². The first kappa shape index (κ1) is 24.5. The molecular weight excluding hydrogens is 470 g/mol. The molecule has 0 saturated carbocycles. The second-order valence-electron chi connectivity index (χ2n) is 7.28. The van der Waals surface area contributed by atoms with E-state index >= 15 is 0 Å². The van der Waals surface area contributed by atoms with Gasteiger partial charge in [0, 0.05) is 19.2 Å². The summed E-state index contributed by atoms with van der Waals surface area (Å²) >= 11 is 6.17. The van der Waals surface area contributed by atoms with E-state index in [2.05, 4.69) is 20.5 Å². The average Bonchev–Trinajstić information content (AvgIpc) is 3.26. The van der Waals surface area contributed by atoms with Crippen molar-refractivity contribution in [2.45, 2.75) is 24.8 Å². The van der Waals surface area contributed by atoms with Gasteiger partial charge in [0.25, 0.3) is 5.91 Å². The van der Waals surface area contributed by atoms with Gasteiger partial charge in [-0.05, 0) is 44.2 Å². The summed E-state index contributed by atoms with van der Waals surface area (Å²) in [7, 11) is 0.728. The van der Waals surface area contributed by atoms with Crippen LogP contribution in [0.4, 0.5) is 5.95 Å². The number of benzene rings is 2. The number of nitrogens with one attached hydrogen (secondary N) is 2. The third kappa shape index (κ3) is 5.10. The number of methoxy groups -OCH3 is 2. The standard InChI is InChI=1S/C21H24ClN5O5S/c1-12(2)27(3)33(29,30)14-7-9-17(22)16(11-14)20(28)24-21-23-19(25-26-21)15-8-6-13(31-4)10-18(15)32-5/h6-12H,1-5H3,(H2,23,24,25,26,28). The molecule has 10 nitrogen and oxygen atoms in total. The Morgan fingerprint density at radius 2 is 1.88 bits per heavy atom. The van der Waals surface area contributed by atoms with Crippen molar-refractivity contribution >= 4 is 33.5 Å². The third-order valence-electron chi connectivity index (χ3n) is 4.96. The monoisotopic (exact) mass is 493 g/mol. The predicted octanol–water partition coefficient (Wildman–Crippen LogP) is 3.42. The fourth-order valence-electron chi connectivity index (χ4n) is 2.88. The Morgan fingerprint density at radius 1 is 1.15 bits per heavy atom. The highest BCUT2D eigenvalue weighted by Gasteiger charge is 2.25. The minimum Gasteiger partial charge on any atom is -0.497 e. The van der Waals surface area contributed by atoms with E-state index in [9.17, 15) is 13.2 Å². The zero-order chi connectivity index (χ0) is 24.3. The molecule has 1 amide bonds. The van der Waals surface area contributed by atoms with E-state index in [4.69, 9.17) is 21.1 Å². The molecule has 12 heteroatoms. The number of amides is 1. The van der Waals surface area contributed by atoms with Crippen molar-refractivity contribution in [2.75, 3.05) is 26.6 Å². The molecule has 0 aliphatic heterocycles. The van der Waals surface area contributed by atoms with E-state index in [-0.39, 0.29) is 27.5 Å². The number of carbonyl (C=O) groups is 1. The van der Waals surface area contributed by atoms with Crippen LogP contribution in [0.5, 0.6) is 11.5 Å². The van der Waals surface area contributed by atoms with Crippen molar-refractivity contribution in [1.82, 2.24) is 19.5 Å². The summed E-state index contributed by atoms with van der Waals surface area (Å²) in [6.07, 6.45) is 0. The maximum absolute atomic E-state index is 12.8. The Bertz CT molecular complexity index is 1280. The van der Waals surface area contributed by atoms with Crippen LogP contribution in [0.25, 0.3) is 11.4 Å². The van der Waals surface area contributed by atoms with Crippen molar-refractivity contribution in [3.8, 4) is 22.9 Å². The van der Waals surface area contributed by atoms with E-state index in [1.165, 1.54) is 36.7 Å². The number of nitrogens with zero attached hydrogens (tertiary/aromatic N) is 3. The highest BCUT2D eigenvalue weighted by Crippen LogP contribution is 2.31. The van der Waals surface area contributed by atoms with Gasteiger partial charge in [-0.2, -0.15) is 9.29 Å². The quantitative estimate of drug-likeness (QED) is 0.492. The second kappa shape index (κ2) is 9.77. The number of aromatic nitrogens is 3. The normalized spacial score (nSPS) is 11.6. The maximum atomic E-state index is 12.8. The van der Waals surface area contributed by atoms with Gasteiger partial charge in [0.2, 0.25) is 16.0 Å². The van der Waals surface area contributed by atoms with Gasteiger partial charge in [0.1, 0.15) is 11.5 Å². The molecule has 0 aliphatic carbocycles. The van der Waals surface area contributed by atoms with Crippen LogP contribution in [-0.2, 0) is 10.0 Å². The number of carbonyl (C=O) groups excluding carboxylic acids is 1. The van der Waals surface area contributed by atoms with Crippen LogP contribution in [-0.4, -0.2) is 61.1 Å². The molecule has 3 rings (SSSR count). The Labute approximate surface area is 196 Å². The fraction of sp³-hybridized carbons (Fsp3) is 0.286. The van der Waals surface area contributed by atoms with Gasteiger partial charge in [-0.15, -0.1) is 5.10 Å². The van der Waals surface area contributed by atoms with Crippen molar-refractivity contribution in [2.24, 2.45) is 0 Å². The van der Waals surface area contributed by atoms with E-state index < -0.39 is 15.9 Å². The molecule has 0 bridgehead atoms. The molecule has 0 saturated heterocycles. The molecule has 0 unspecified atom stereocenters. The Kier molecular flexibility index (Phi) is 7.25. The number of anilines is 1. The van der Waals surface area contributed by atoms with Crippen LogP contribution in [0, 0.1) is 0 Å². The highest BCUT2D eigenvalue weighted by atomic mass is 35.5. The van der Waals surface area contributed by atoms with Gasteiger partial charge < -0.3 is 9.47 Å². The first-order chi connectivity index (χ1) is 15.6. The van der Waals surface area contributed by atoms with E-state index in [1.54, 1.807) is 39.2 Å². The Morgan fingerprint density at radius 3 is 2.52 bits per heavy atom. The minimum absolute atomic E-state index is 0.0171. The van der Waals surface area contributed by atoms with E-state index in [0.29, 0.717) is 22.9 Å². The lowest BCUT2D eigenvalue weighted by atomic mass is 10.2. The van der Waals surface area contributed by atoms with Gasteiger partial charge in [-0.25, -0.2) is 8.42 Å².